The number of hydrogen-bond acceptors (Lipinski definition) is 5. The number of carbonyl (C=O) groups excluding carboxylic acids is 1. The second-order valence-electron chi connectivity index (χ2n) is 6.38. The van der Waals surface area contributed by atoms with Gasteiger partial charge in [0.15, 0.2) is 5.15 Å². The Bertz CT molecular complexity index is 1100. The third kappa shape index (κ3) is 6.47. The number of H-pyrrole nitrogens is 1. The third-order valence-corrected chi connectivity index (χ3v) is 4.45. The molecule has 0 spiro atoms. The smallest absolute Gasteiger partial charge is 0.388 e. The van der Waals surface area contributed by atoms with Gasteiger partial charge in [-0.25, -0.2) is 9.37 Å². The lowest BCUT2D eigenvalue weighted by molar-refractivity contribution is -0.130. The highest BCUT2D eigenvalue weighted by Crippen LogP contribution is 2.32. The van der Waals surface area contributed by atoms with E-state index in [4.69, 9.17) is 28.9 Å². The Morgan fingerprint density at radius 1 is 1.25 bits per heavy atom. The molecule has 0 saturated carbocycles. The summed E-state index contributed by atoms with van der Waals surface area (Å²) in [5, 5.41) is 19.3. The lowest BCUT2D eigenvalue weighted by Crippen LogP contribution is -2.13. The number of anilines is 2. The molecular weight excluding hydrogens is 477 g/mol. The molecule has 0 saturated heterocycles. The van der Waals surface area contributed by atoms with Gasteiger partial charge in [-0.1, -0.05) is 30.1 Å². The molecule has 1 amide bonds. The summed E-state index contributed by atoms with van der Waals surface area (Å²) >= 11 is 11.7. The number of nitrogens with zero attached hydrogens (tertiary/aromatic N) is 2. The van der Waals surface area contributed by atoms with Gasteiger partial charge in [0.25, 0.3) is 5.91 Å². The SMILES string of the molecule is CCC(F)(F)F.Cc1[nH]nc(Cl)c1NC(=O)c1cc(F)c(-c2cc(Cl)cc(N)n2)cc1O. The molecule has 0 radical (unpaired) electrons. The zero-order valence-electron chi connectivity index (χ0n) is 16.6. The van der Waals surface area contributed by atoms with Crippen LogP contribution in [0.5, 0.6) is 5.75 Å². The number of nitrogens with one attached hydrogen (secondary N) is 2. The van der Waals surface area contributed by atoms with Crippen LogP contribution in [0.15, 0.2) is 24.3 Å². The van der Waals surface area contributed by atoms with Crippen LogP contribution in [0.4, 0.5) is 29.1 Å². The minimum absolute atomic E-state index is 0.0473. The number of phenolic OH excluding ortho intramolecular Hbond substituents is 1. The Morgan fingerprint density at radius 2 is 1.88 bits per heavy atom. The second kappa shape index (κ2) is 10.0. The molecule has 0 unspecified atom stereocenters. The number of aromatic amines is 1. The number of alkyl halides is 3. The fraction of sp³-hybridized carbons (Fsp3) is 0.211. The molecule has 2 aromatic heterocycles. The maximum absolute atomic E-state index is 14.5. The largest absolute Gasteiger partial charge is 0.507 e. The predicted molar refractivity (Wildman–Crippen MR) is 113 cm³/mol. The van der Waals surface area contributed by atoms with Gasteiger partial charge in [0.1, 0.15) is 23.1 Å². The monoisotopic (exact) mass is 493 g/mol. The van der Waals surface area contributed by atoms with Crippen molar-refractivity contribution in [3.05, 3.63) is 51.5 Å². The molecule has 32 heavy (non-hydrogen) atoms. The van der Waals surface area contributed by atoms with Crippen LogP contribution in [0, 0.1) is 12.7 Å². The molecule has 1 aromatic carbocycles. The highest BCUT2D eigenvalue weighted by atomic mass is 35.5. The van der Waals surface area contributed by atoms with Crippen LogP contribution in [0.2, 0.25) is 10.2 Å². The van der Waals surface area contributed by atoms with Crippen molar-refractivity contribution in [2.24, 2.45) is 0 Å². The van der Waals surface area contributed by atoms with Crippen LogP contribution in [-0.4, -0.2) is 32.4 Å². The Hall–Kier alpha value is -3.05. The Kier molecular flexibility index (Phi) is 7.92. The highest BCUT2D eigenvalue weighted by molar-refractivity contribution is 6.33. The number of aryl methyl sites for hydroxylation is 1. The van der Waals surface area contributed by atoms with Crippen LogP contribution < -0.4 is 11.1 Å². The summed E-state index contributed by atoms with van der Waals surface area (Å²) in [4.78, 5) is 16.3. The van der Waals surface area contributed by atoms with Crippen LogP contribution in [0.25, 0.3) is 11.3 Å². The minimum Gasteiger partial charge on any atom is -0.507 e. The number of carbonyl (C=O) groups is 1. The lowest BCUT2D eigenvalue weighted by Gasteiger charge is -2.10. The predicted octanol–water partition coefficient (Wildman–Crippen LogP) is 5.72. The molecular formula is C19H17Cl2F4N5O2. The average molecular weight is 494 g/mol. The summed E-state index contributed by atoms with van der Waals surface area (Å²) < 4.78 is 46.9. The number of nitrogen functional groups attached to an aromatic ring is 1. The standard InChI is InChI=1S/C16H12Cl2FN5O2.C3H5F3/c1-6-14(15(18)24-23-6)22-16(26)9-4-10(19)8(5-12(9)25)11-2-7(17)3-13(20)21-11;1-2-3(4,5)6/h2-5,25H,1H3,(H2,20,21)(H,22,26)(H,23,24);2H2,1H3. The summed E-state index contributed by atoms with van der Waals surface area (Å²) in [6.45, 7) is 2.73. The number of aromatic hydroxyl groups is 1. The van der Waals surface area contributed by atoms with Crippen molar-refractivity contribution in [1.82, 2.24) is 15.2 Å². The van der Waals surface area contributed by atoms with Crippen LogP contribution in [-0.2, 0) is 0 Å². The van der Waals surface area contributed by atoms with E-state index < -0.39 is 30.1 Å². The molecule has 7 nitrogen and oxygen atoms in total. The highest BCUT2D eigenvalue weighted by Gasteiger charge is 2.22. The van der Waals surface area contributed by atoms with Crippen molar-refractivity contribution in [2.45, 2.75) is 26.4 Å². The van der Waals surface area contributed by atoms with Gasteiger partial charge in [-0.15, -0.1) is 0 Å². The first-order valence-corrected chi connectivity index (χ1v) is 9.62. The second-order valence-corrected chi connectivity index (χ2v) is 7.18. The van der Waals surface area contributed by atoms with E-state index in [1.165, 1.54) is 12.1 Å². The summed E-state index contributed by atoms with van der Waals surface area (Å²) in [5.74, 6) is -1.88. The van der Waals surface area contributed by atoms with E-state index in [0.717, 1.165) is 19.1 Å². The molecule has 13 heteroatoms. The summed E-state index contributed by atoms with van der Waals surface area (Å²) in [6.07, 6.45) is -4.69. The lowest BCUT2D eigenvalue weighted by atomic mass is 10.1. The van der Waals surface area contributed by atoms with Gasteiger partial charge >= 0.3 is 6.18 Å². The fourth-order valence-corrected chi connectivity index (χ4v) is 2.77. The maximum atomic E-state index is 14.5. The number of pyridine rings is 1. The van der Waals surface area contributed by atoms with Gasteiger partial charge in [0.05, 0.1) is 17.0 Å². The Balaban J connectivity index is 0.000000534. The number of amides is 1. The number of aromatic nitrogens is 3. The summed E-state index contributed by atoms with van der Waals surface area (Å²) in [7, 11) is 0. The summed E-state index contributed by atoms with van der Waals surface area (Å²) in [5.41, 5.74) is 6.15. The average Bonchev–Trinajstić information content (AvgIpc) is 3.00. The topological polar surface area (TPSA) is 117 Å². The molecule has 172 valence electrons. The zero-order chi connectivity index (χ0) is 24.2. The first kappa shape index (κ1) is 25.2. The van der Waals surface area contributed by atoms with E-state index in [9.17, 15) is 27.5 Å². The van der Waals surface area contributed by atoms with Crippen molar-refractivity contribution < 1.29 is 27.5 Å². The number of phenols is 1. The van der Waals surface area contributed by atoms with Gasteiger partial charge in [-0.2, -0.15) is 18.3 Å². The third-order valence-electron chi connectivity index (χ3n) is 3.96. The normalized spacial score (nSPS) is 11.0. The number of hydrogen-bond donors (Lipinski definition) is 4. The molecule has 3 aromatic rings. The van der Waals surface area contributed by atoms with Crippen molar-refractivity contribution in [3.63, 3.8) is 0 Å². The molecule has 0 atom stereocenters. The molecule has 0 aliphatic carbocycles. The van der Waals surface area contributed by atoms with Gasteiger partial charge < -0.3 is 16.2 Å². The van der Waals surface area contributed by atoms with Gasteiger partial charge in [-0.3, -0.25) is 9.89 Å². The molecule has 5 N–H and O–H groups in total. The molecule has 0 fully saturated rings. The first-order chi connectivity index (χ1) is 14.8. The van der Waals surface area contributed by atoms with E-state index in [1.54, 1.807) is 6.92 Å². The first-order valence-electron chi connectivity index (χ1n) is 8.86. The van der Waals surface area contributed by atoms with Crippen molar-refractivity contribution in [1.29, 1.82) is 0 Å². The van der Waals surface area contributed by atoms with Gasteiger partial charge in [0.2, 0.25) is 0 Å². The van der Waals surface area contributed by atoms with Gasteiger partial charge in [0, 0.05) is 17.0 Å². The fourth-order valence-electron chi connectivity index (χ4n) is 2.32. The quantitative estimate of drug-likeness (QED) is 0.348. The van der Waals surface area contributed by atoms with Crippen LogP contribution in [0.3, 0.4) is 0 Å². The molecule has 3 rings (SSSR count). The van der Waals surface area contributed by atoms with E-state index in [-0.39, 0.29) is 38.5 Å². The number of benzene rings is 1. The maximum Gasteiger partial charge on any atom is 0.388 e. The number of halogens is 6. The van der Waals surface area contributed by atoms with E-state index in [2.05, 4.69) is 20.5 Å². The van der Waals surface area contributed by atoms with E-state index >= 15 is 0 Å². The van der Waals surface area contributed by atoms with Gasteiger partial charge in [-0.05, 0) is 31.2 Å². The number of nitrogens with two attached hydrogens (primary N) is 1. The van der Waals surface area contributed by atoms with Crippen LogP contribution >= 0.6 is 23.2 Å². The van der Waals surface area contributed by atoms with Crippen molar-refractivity contribution in [2.75, 3.05) is 11.1 Å². The molecule has 2 heterocycles. The molecule has 0 bridgehead atoms. The molecule has 0 aliphatic rings. The Morgan fingerprint density at radius 3 is 2.38 bits per heavy atom. The number of rotatable bonds is 3. The van der Waals surface area contributed by atoms with E-state index in [0.29, 0.717) is 5.69 Å². The van der Waals surface area contributed by atoms with Crippen LogP contribution in [0.1, 0.15) is 29.4 Å². The minimum atomic E-state index is -3.96. The summed E-state index contributed by atoms with van der Waals surface area (Å²) in [6, 6.07) is 4.76. The van der Waals surface area contributed by atoms with Crippen molar-refractivity contribution >= 4 is 40.6 Å². The molecule has 0 aliphatic heterocycles. The Labute approximate surface area is 189 Å². The van der Waals surface area contributed by atoms with E-state index in [1.807, 2.05) is 0 Å². The zero-order valence-corrected chi connectivity index (χ0v) is 18.1. The van der Waals surface area contributed by atoms with Crippen molar-refractivity contribution in [3.8, 4) is 17.0 Å².